The fraction of sp³-hybridized carbons (Fsp3) is 0.692. The number of thioether (sulfide) groups is 1. The van der Waals surface area contributed by atoms with Gasteiger partial charge in [-0.2, -0.15) is 5.10 Å². The van der Waals surface area contributed by atoms with Crippen LogP contribution in [0.1, 0.15) is 12.6 Å². The molecule has 1 saturated heterocycles. The van der Waals surface area contributed by atoms with Crippen LogP contribution in [0.15, 0.2) is 4.99 Å². The number of amidine groups is 1. The van der Waals surface area contributed by atoms with Crippen molar-refractivity contribution in [2.24, 2.45) is 12.0 Å². The Morgan fingerprint density at radius 2 is 1.91 bits per heavy atom. The minimum atomic E-state index is -0.331. The molecule has 2 aliphatic heterocycles. The molecule has 1 aromatic heterocycles. The molecule has 1 aromatic rings. The number of aliphatic imine (C=N–C) groups is 1. The zero-order valence-corrected chi connectivity index (χ0v) is 13.8. The molecule has 120 valence electrons. The maximum absolute atomic E-state index is 11.3. The smallest absolute Gasteiger partial charge is 0.333 e. The molecule has 22 heavy (non-hydrogen) atoms. The number of nitro groups is 1. The molecule has 0 amide bonds. The van der Waals surface area contributed by atoms with E-state index < -0.39 is 0 Å². The van der Waals surface area contributed by atoms with Gasteiger partial charge in [0.2, 0.25) is 5.82 Å². The summed E-state index contributed by atoms with van der Waals surface area (Å²) in [6.07, 6.45) is 0. The molecule has 0 unspecified atom stereocenters. The van der Waals surface area contributed by atoms with Gasteiger partial charge in [-0.25, -0.2) is 4.68 Å². The van der Waals surface area contributed by atoms with E-state index >= 15 is 0 Å². The summed E-state index contributed by atoms with van der Waals surface area (Å²) in [7, 11) is 1.76. The largest absolute Gasteiger partial charge is 0.348 e. The lowest BCUT2D eigenvalue weighted by atomic mass is 10.3. The lowest BCUT2D eigenvalue weighted by molar-refractivity contribution is -0.384. The Morgan fingerprint density at radius 3 is 2.45 bits per heavy atom. The van der Waals surface area contributed by atoms with E-state index in [1.807, 2.05) is 11.8 Å². The van der Waals surface area contributed by atoms with Gasteiger partial charge in [0.25, 0.3) is 0 Å². The van der Waals surface area contributed by atoms with E-state index in [0.717, 1.165) is 37.9 Å². The Balaban J connectivity index is 1.73. The number of piperazine rings is 1. The van der Waals surface area contributed by atoms with Gasteiger partial charge in [-0.1, -0.05) is 18.7 Å². The average Bonchev–Trinajstić information content (AvgIpc) is 3.02. The standard InChI is InChI=1S/C13H20N6O2S/c1-9-8-14-13(22-9)18-6-4-17(5-7-18)12-11(19(20)21)10(2)15-16(12)3/h9H,4-8H2,1-3H3/t9-/m1/s1. The maximum Gasteiger partial charge on any atom is 0.333 e. The Labute approximate surface area is 133 Å². The van der Waals surface area contributed by atoms with E-state index in [-0.39, 0.29) is 10.6 Å². The molecule has 0 radical (unpaired) electrons. The summed E-state index contributed by atoms with van der Waals surface area (Å²) in [5.41, 5.74) is 0.589. The fourth-order valence-electron chi connectivity index (χ4n) is 2.95. The number of hydrogen-bond acceptors (Lipinski definition) is 7. The predicted molar refractivity (Wildman–Crippen MR) is 87.7 cm³/mol. The molecule has 1 atom stereocenters. The molecule has 0 aromatic carbocycles. The molecule has 3 rings (SSSR count). The van der Waals surface area contributed by atoms with E-state index in [0.29, 0.717) is 16.8 Å². The summed E-state index contributed by atoms with van der Waals surface area (Å²) in [5.74, 6) is 0.608. The Kier molecular flexibility index (Phi) is 3.98. The zero-order chi connectivity index (χ0) is 15.9. The first kappa shape index (κ1) is 15.1. The number of aryl methyl sites for hydroxylation is 2. The second-order valence-corrected chi connectivity index (χ2v) is 7.07. The van der Waals surface area contributed by atoms with Gasteiger partial charge in [-0.05, 0) is 6.92 Å². The second-order valence-electron chi connectivity index (χ2n) is 5.66. The van der Waals surface area contributed by atoms with Crippen LogP contribution in [0.4, 0.5) is 11.5 Å². The Bertz CT molecular complexity index is 620. The van der Waals surface area contributed by atoms with E-state index in [4.69, 9.17) is 0 Å². The van der Waals surface area contributed by atoms with E-state index in [1.54, 1.807) is 18.7 Å². The van der Waals surface area contributed by atoms with Crippen LogP contribution in [0.25, 0.3) is 0 Å². The fourth-order valence-corrected chi connectivity index (χ4v) is 3.94. The monoisotopic (exact) mass is 324 g/mol. The highest BCUT2D eigenvalue weighted by Gasteiger charge is 2.31. The third-order valence-corrected chi connectivity index (χ3v) is 5.13. The highest BCUT2D eigenvalue weighted by Crippen LogP contribution is 2.32. The number of aromatic nitrogens is 2. The van der Waals surface area contributed by atoms with Crippen molar-refractivity contribution in [3.63, 3.8) is 0 Å². The van der Waals surface area contributed by atoms with Crippen molar-refractivity contribution < 1.29 is 4.92 Å². The predicted octanol–water partition coefficient (Wildman–Crippen LogP) is 1.25. The first-order valence-corrected chi connectivity index (χ1v) is 8.24. The van der Waals surface area contributed by atoms with Gasteiger partial charge in [0.05, 0.1) is 11.5 Å². The highest BCUT2D eigenvalue weighted by molar-refractivity contribution is 8.14. The van der Waals surface area contributed by atoms with Crippen molar-refractivity contribution >= 4 is 28.4 Å². The first-order valence-electron chi connectivity index (χ1n) is 7.36. The van der Waals surface area contributed by atoms with Crippen LogP contribution < -0.4 is 4.90 Å². The summed E-state index contributed by atoms with van der Waals surface area (Å²) in [5, 5.41) is 17.2. The second kappa shape index (κ2) is 5.79. The van der Waals surface area contributed by atoms with Crippen molar-refractivity contribution in [1.82, 2.24) is 14.7 Å². The normalized spacial score (nSPS) is 22.1. The van der Waals surface area contributed by atoms with Gasteiger partial charge in [0.1, 0.15) is 5.69 Å². The number of rotatable bonds is 2. The number of nitrogens with zero attached hydrogens (tertiary/aromatic N) is 6. The van der Waals surface area contributed by atoms with Crippen molar-refractivity contribution in [3.05, 3.63) is 15.8 Å². The highest BCUT2D eigenvalue weighted by atomic mass is 32.2. The molecular formula is C13H20N6O2S. The van der Waals surface area contributed by atoms with Crippen molar-refractivity contribution in [2.75, 3.05) is 37.6 Å². The van der Waals surface area contributed by atoms with Gasteiger partial charge in [0, 0.05) is 38.5 Å². The minimum Gasteiger partial charge on any atom is -0.348 e. The van der Waals surface area contributed by atoms with Gasteiger partial charge < -0.3 is 9.80 Å². The van der Waals surface area contributed by atoms with Crippen LogP contribution in [-0.2, 0) is 7.05 Å². The lowest BCUT2D eigenvalue weighted by Crippen LogP contribution is -2.48. The molecule has 0 saturated carbocycles. The summed E-state index contributed by atoms with van der Waals surface area (Å²) in [6, 6.07) is 0. The van der Waals surface area contributed by atoms with Crippen LogP contribution in [0.5, 0.6) is 0 Å². The SMILES string of the molecule is Cc1nn(C)c(N2CCN(C3=NC[C@@H](C)S3)CC2)c1[N+](=O)[O-]. The number of hydrogen-bond donors (Lipinski definition) is 0. The summed E-state index contributed by atoms with van der Waals surface area (Å²) < 4.78 is 1.62. The topological polar surface area (TPSA) is 79.8 Å². The Morgan fingerprint density at radius 1 is 1.27 bits per heavy atom. The van der Waals surface area contributed by atoms with Gasteiger partial charge >= 0.3 is 5.69 Å². The number of anilines is 1. The molecule has 0 aliphatic carbocycles. The lowest BCUT2D eigenvalue weighted by Gasteiger charge is -2.36. The Hall–Kier alpha value is -1.77. The van der Waals surface area contributed by atoms with Crippen LogP contribution in [0.3, 0.4) is 0 Å². The van der Waals surface area contributed by atoms with Gasteiger partial charge in [0.15, 0.2) is 5.17 Å². The molecule has 1 fully saturated rings. The molecular weight excluding hydrogens is 304 g/mol. The quantitative estimate of drug-likeness (QED) is 0.602. The zero-order valence-electron chi connectivity index (χ0n) is 13.0. The summed E-state index contributed by atoms with van der Waals surface area (Å²) >= 11 is 1.82. The van der Waals surface area contributed by atoms with Crippen molar-refractivity contribution in [1.29, 1.82) is 0 Å². The van der Waals surface area contributed by atoms with Crippen LogP contribution in [-0.4, -0.2) is 62.7 Å². The van der Waals surface area contributed by atoms with Crippen molar-refractivity contribution in [3.8, 4) is 0 Å². The maximum atomic E-state index is 11.3. The van der Waals surface area contributed by atoms with Crippen LogP contribution in [0, 0.1) is 17.0 Å². The summed E-state index contributed by atoms with van der Waals surface area (Å²) in [4.78, 5) is 19.9. The van der Waals surface area contributed by atoms with Gasteiger partial charge in [-0.3, -0.25) is 15.1 Å². The molecule has 0 N–H and O–H groups in total. The molecule has 9 heteroatoms. The average molecular weight is 324 g/mol. The third-order valence-electron chi connectivity index (χ3n) is 3.98. The van der Waals surface area contributed by atoms with Crippen molar-refractivity contribution in [2.45, 2.75) is 19.1 Å². The van der Waals surface area contributed by atoms with Crippen LogP contribution >= 0.6 is 11.8 Å². The van der Waals surface area contributed by atoms with E-state index in [1.165, 1.54) is 0 Å². The minimum absolute atomic E-state index is 0.122. The molecule has 2 aliphatic rings. The molecule has 8 nitrogen and oxygen atoms in total. The van der Waals surface area contributed by atoms with E-state index in [9.17, 15) is 10.1 Å². The van der Waals surface area contributed by atoms with Gasteiger partial charge in [-0.15, -0.1) is 0 Å². The molecule has 0 bridgehead atoms. The molecule has 0 spiro atoms. The van der Waals surface area contributed by atoms with Crippen LogP contribution in [0.2, 0.25) is 0 Å². The third kappa shape index (κ3) is 2.65. The van der Waals surface area contributed by atoms with E-state index in [2.05, 4.69) is 26.8 Å². The molecule has 3 heterocycles. The summed E-state index contributed by atoms with van der Waals surface area (Å²) in [6.45, 7) is 7.90. The first-order chi connectivity index (χ1) is 10.5.